The number of halogens is 3. The largest absolute Gasteiger partial charge is 0.324 e. The first kappa shape index (κ1) is 19.2. The van der Waals surface area contributed by atoms with Crippen LogP contribution < -0.4 is 10.0 Å². The van der Waals surface area contributed by atoms with Gasteiger partial charge >= 0.3 is 0 Å². The van der Waals surface area contributed by atoms with Gasteiger partial charge in [-0.2, -0.15) is 4.72 Å². The molecule has 9 heteroatoms. The third kappa shape index (κ3) is 4.70. The highest BCUT2D eigenvalue weighted by atomic mass is 79.9. The molecule has 1 atom stereocenters. The molecule has 0 spiro atoms. The Morgan fingerprint density at radius 1 is 1.17 bits per heavy atom. The van der Waals surface area contributed by atoms with Crippen molar-refractivity contribution in [3.05, 3.63) is 57.0 Å². The van der Waals surface area contributed by atoms with Crippen molar-refractivity contribution in [1.82, 2.24) is 4.72 Å². The SMILES string of the molecule is C[C@@H](NS(=O)(=O)c1cc(Cl)ccc1Cl)C(=O)Nc1ccccc1Br. The minimum absolute atomic E-state index is 0.0188. The maximum absolute atomic E-state index is 12.4. The highest BCUT2D eigenvalue weighted by Crippen LogP contribution is 2.25. The third-order valence-electron chi connectivity index (χ3n) is 3.04. The zero-order valence-corrected chi connectivity index (χ0v) is 16.3. The Balaban J connectivity index is 2.16. The van der Waals surface area contributed by atoms with Gasteiger partial charge in [-0.1, -0.05) is 35.3 Å². The van der Waals surface area contributed by atoms with E-state index in [1.807, 2.05) is 0 Å². The van der Waals surface area contributed by atoms with Crippen LogP contribution >= 0.6 is 39.1 Å². The molecule has 128 valence electrons. The molecular weight excluding hydrogens is 439 g/mol. The van der Waals surface area contributed by atoms with Crippen LogP contribution in [-0.4, -0.2) is 20.4 Å². The first-order chi connectivity index (χ1) is 11.2. The molecular formula is C15H13BrCl2N2O3S. The van der Waals surface area contributed by atoms with Crippen molar-refractivity contribution in [2.45, 2.75) is 17.9 Å². The van der Waals surface area contributed by atoms with Gasteiger partial charge in [0, 0.05) is 9.50 Å². The summed E-state index contributed by atoms with van der Waals surface area (Å²) < 4.78 is 27.8. The Labute approximate surface area is 158 Å². The zero-order chi connectivity index (χ0) is 17.9. The summed E-state index contributed by atoms with van der Waals surface area (Å²) in [5.74, 6) is -0.511. The molecule has 2 aromatic carbocycles. The summed E-state index contributed by atoms with van der Waals surface area (Å²) in [7, 11) is -4.00. The van der Waals surface area contributed by atoms with E-state index in [-0.39, 0.29) is 14.9 Å². The van der Waals surface area contributed by atoms with E-state index in [9.17, 15) is 13.2 Å². The molecule has 2 N–H and O–H groups in total. The molecule has 0 radical (unpaired) electrons. The number of nitrogens with one attached hydrogen (secondary N) is 2. The summed E-state index contributed by atoms with van der Waals surface area (Å²) in [6.45, 7) is 1.43. The molecule has 0 aliphatic carbocycles. The first-order valence-corrected chi connectivity index (χ1v) is 9.76. The second-order valence-electron chi connectivity index (χ2n) is 4.89. The van der Waals surface area contributed by atoms with Gasteiger partial charge < -0.3 is 5.32 Å². The van der Waals surface area contributed by atoms with Gasteiger partial charge in [-0.05, 0) is 53.2 Å². The van der Waals surface area contributed by atoms with Crippen LogP contribution in [0.1, 0.15) is 6.92 Å². The van der Waals surface area contributed by atoms with E-state index in [1.54, 1.807) is 24.3 Å². The molecule has 0 unspecified atom stereocenters. The number of carbonyl (C=O) groups is 1. The quantitative estimate of drug-likeness (QED) is 0.719. The molecule has 1 amide bonds. The lowest BCUT2D eigenvalue weighted by molar-refractivity contribution is -0.117. The van der Waals surface area contributed by atoms with Crippen molar-refractivity contribution in [2.75, 3.05) is 5.32 Å². The van der Waals surface area contributed by atoms with E-state index >= 15 is 0 Å². The van der Waals surface area contributed by atoms with Gasteiger partial charge in [-0.15, -0.1) is 0 Å². The van der Waals surface area contributed by atoms with E-state index in [0.717, 1.165) is 0 Å². The first-order valence-electron chi connectivity index (χ1n) is 6.73. The van der Waals surface area contributed by atoms with E-state index in [1.165, 1.54) is 25.1 Å². The molecule has 0 aromatic heterocycles. The second-order valence-corrected chi connectivity index (χ2v) is 8.27. The fraction of sp³-hybridized carbons (Fsp3) is 0.133. The number of sulfonamides is 1. The maximum Gasteiger partial charge on any atom is 0.242 e. The summed E-state index contributed by atoms with van der Waals surface area (Å²) in [4.78, 5) is 12.0. The van der Waals surface area contributed by atoms with Crippen molar-refractivity contribution in [3.8, 4) is 0 Å². The molecule has 5 nitrogen and oxygen atoms in total. The lowest BCUT2D eigenvalue weighted by Gasteiger charge is -2.16. The monoisotopic (exact) mass is 450 g/mol. The van der Waals surface area contributed by atoms with E-state index in [2.05, 4.69) is 26.0 Å². The van der Waals surface area contributed by atoms with Gasteiger partial charge in [0.2, 0.25) is 15.9 Å². The Kier molecular flexibility index (Phi) is 6.28. The number of rotatable bonds is 5. The smallest absolute Gasteiger partial charge is 0.242 e. The number of hydrogen-bond donors (Lipinski definition) is 2. The number of hydrogen-bond acceptors (Lipinski definition) is 3. The Hall–Kier alpha value is -1.12. The van der Waals surface area contributed by atoms with Gasteiger partial charge in [0.1, 0.15) is 4.90 Å². The normalized spacial score (nSPS) is 12.7. The van der Waals surface area contributed by atoms with Crippen molar-refractivity contribution in [3.63, 3.8) is 0 Å². The van der Waals surface area contributed by atoms with Crippen molar-refractivity contribution >= 4 is 60.7 Å². The van der Waals surface area contributed by atoms with Crippen molar-refractivity contribution in [1.29, 1.82) is 0 Å². The van der Waals surface area contributed by atoms with E-state index < -0.39 is 22.0 Å². The maximum atomic E-state index is 12.4. The Morgan fingerprint density at radius 3 is 2.50 bits per heavy atom. The number of amides is 1. The van der Waals surface area contributed by atoms with E-state index in [4.69, 9.17) is 23.2 Å². The average Bonchev–Trinajstić information content (AvgIpc) is 2.51. The molecule has 0 heterocycles. The molecule has 2 rings (SSSR count). The highest BCUT2D eigenvalue weighted by Gasteiger charge is 2.24. The summed E-state index contributed by atoms with van der Waals surface area (Å²) in [6, 6.07) is 10.1. The number of carbonyl (C=O) groups excluding carboxylic acids is 1. The number of anilines is 1. The molecule has 0 saturated heterocycles. The van der Waals surface area contributed by atoms with Crippen LogP contribution in [0.3, 0.4) is 0 Å². The standard InChI is InChI=1S/C15H13BrCl2N2O3S/c1-9(15(21)19-13-5-3-2-4-11(13)16)20-24(22,23)14-8-10(17)6-7-12(14)18/h2-9,20H,1H3,(H,19,21)/t9-/m1/s1. The third-order valence-corrected chi connectivity index (χ3v) is 5.99. The molecule has 0 aliphatic rings. The Bertz CT molecular complexity index is 875. The van der Waals surface area contributed by atoms with Gasteiger partial charge in [-0.3, -0.25) is 4.79 Å². The fourth-order valence-corrected chi connectivity index (χ4v) is 4.19. The van der Waals surface area contributed by atoms with Crippen LogP contribution in [-0.2, 0) is 14.8 Å². The fourth-order valence-electron chi connectivity index (χ4n) is 1.84. The lowest BCUT2D eigenvalue weighted by Crippen LogP contribution is -2.41. The van der Waals surface area contributed by atoms with Crippen LogP contribution in [0.5, 0.6) is 0 Å². The van der Waals surface area contributed by atoms with Gasteiger partial charge in [0.25, 0.3) is 0 Å². The lowest BCUT2D eigenvalue weighted by atomic mass is 10.3. The van der Waals surface area contributed by atoms with E-state index in [0.29, 0.717) is 10.2 Å². The van der Waals surface area contributed by atoms with Crippen LogP contribution in [0.25, 0.3) is 0 Å². The van der Waals surface area contributed by atoms with Crippen LogP contribution in [0.4, 0.5) is 5.69 Å². The molecule has 0 bridgehead atoms. The molecule has 0 fully saturated rings. The topological polar surface area (TPSA) is 75.3 Å². The van der Waals surface area contributed by atoms with Gasteiger partial charge in [0.05, 0.1) is 16.8 Å². The van der Waals surface area contributed by atoms with Crippen LogP contribution in [0, 0.1) is 0 Å². The summed E-state index contributed by atoms with van der Waals surface area (Å²) in [6.07, 6.45) is 0. The van der Waals surface area contributed by atoms with Crippen molar-refractivity contribution < 1.29 is 13.2 Å². The Morgan fingerprint density at radius 2 is 1.83 bits per heavy atom. The van der Waals surface area contributed by atoms with Crippen LogP contribution in [0.15, 0.2) is 51.8 Å². The minimum atomic E-state index is -4.00. The molecule has 0 saturated carbocycles. The zero-order valence-electron chi connectivity index (χ0n) is 12.4. The average molecular weight is 452 g/mol. The predicted octanol–water partition coefficient (Wildman–Crippen LogP) is 4.06. The summed E-state index contributed by atoms with van der Waals surface area (Å²) in [5, 5.41) is 2.88. The second kappa shape index (κ2) is 7.84. The van der Waals surface area contributed by atoms with Crippen LogP contribution in [0.2, 0.25) is 10.0 Å². The molecule has 2 aromatic rings. The van der Waals surface area contributed by atoms with Gasteiger partial charge in [0.15, 0.2) is 0 Å². The minimum Gasteiger partial charge on any atom is -0.324 e. The summed E-state index contributed by atoms with van der Waals surface area (Å²) >= 11 is 15.0. The number of para-hydroxylation sites is 1. The number of benzene rings is 2. The van der Waals surface area contributed by atoms with Gasteiger partial charge in [-0.25, -0.2) is 8.42 Å². The van der Waals surface area contributed by atoms with Crippen molar-refractivity contribution in [2.24, 2.45) is 0 Å². The summed E-state index contributed by atoms with van der Waals surface area (Å²) in [5.41, 5.74) is 0.536. The predicted molar refractivity (Wildman–Crippen MR) is 99.0 cm³/mol. The molecule has 0 aliphatic heterocycles. The highest BCUT2D eigenvalue weighted by molar-refractivity contribution is 9.10. The molecule has 24 heavy (non-hydrogen) atoms.